The molecule has 4 rings (SSSR count). The summed E-state index contributed by atoms with van der Waals surface area (Å²) in [5.41, 5.74) is 1.97. The van der Waals surface area contributed by atoms with Gasteiger partial charge in [0, 0.05) is 12.3 Å². The van der Waals surface area contributed by atoms with E-state index in [0.717, 1.165) is 18.3 Å². The molecule has 4 fully saturated rings. The van der Waals surface area contributed by atoms with Crippen LogP contribution in [0.5, 0.6) is 0 Å². The van der Waals surface area contributed by atoms with Crippen molar-refractivity contribution in [3.8, 4) is 0 Å². The maximum absolute atomic E-state index is 12.0. The molecule has 0 radical (unpaired) electrons. The predicted molar refractivity (Wildman–Crippen MR) is 123 cm³/mol. The van der Waals surface area contributed by atoms with Gasteiger partial charge in [-0.15, -0.1) is 0 Å². The number of ether oxygens (including phenoxy) is 1. The van der Waals surface area contributed by atoms with Crippen LogP contribution in [-0.4, -0.2) is 36.6 Å². The average molecular weight is 416 g/mol. The minimum Gasteiger partial charge on any atom is -0.462 e. The lowest BCUT2D eigenvalue weighted by atomic mass is 9.50. The monoisotopic (exact) mass is 415 g/mol. The van der Waals surface area contributed by atoms with E-state index in [2.05, 4.69) is 32.3 Å². The Hall–Kier alpha value is -0.830. The number of carbonyl (C=O) groups excluding carboxylic acids is 1. The summed E-state index contributed by atoms with van der Waals surface area (Å²) in [6.07, 6.45) is 12.8. The lowest BCUT2D eigenvalue weighted by Gasteiger charge is -2.56. The van der Waals surface area contributed by atoms with E-state index in [0.29, 0.717) is 17.3 Å². The molecule has 7 atom stereocenters. The molecule has 3 aliphatic carbocycles. The smallest absolute Gasteiger partial charge is 0.302 e. The third-order valence-corrected chi connectivity index (χ3v) is 10.1. The number of fused-ring (bicyclic) bond motifs is 1. The second-order valence-corrected chi connectivity index (χ2v) is 11.8. The molecule has 0 spiro atoms. The van der Waals surface area contributed by atoms with Gasteiger partial charge >= 0.3 is 5.97 Å². The number of hydrogen-bond donors (Lipinski definition) is 0. The van der Waals surface area contributed by atoms with Crippen LogP contribution in [0.25, 0.3) is 0 Å². The Bertz CT molecular complexity index is 653. The molecule has 0 bridgehead atoms. The third-order valence-electron chi connectivity index (χ3n) is 10.1. The summed E-state index contributed by atoms with van der Waals surface area (Å²) in [5, 5.41) is 0. The first-order valence-corrected chi connectivity index (χ1v) is 12.8. The van der Waals surface area contributed by atoms with Crippen LogP contribution in [0.15, 0.2) is 12.2 Å². The summed E-state index contributed by atoms with van der Waals surface area (Å²) < 4.78 is 6.05. The molecule has 0 N–H and O–H groups in total. The summed E-state index contributed by atoms with van der Waals surface area (Å²) in [6, 6.07) is 0. The second kappa shape index (κ2) is 8.60. The topological polar surface area (TPSA) is 29.5 Å². The second-order valence-electron chi connectivity index (χ2n) is 11.8. The first-order chi connectivity index (χ1) is 14.2. The highest BCUT2D eigenvalue weighted by Crippen LogP contribution is 2.63. The summed E-state index contributed by atoms with van der Waals surface area (Å²) >= 11 is 0. The zero-order valence-corrected chi connectivity index (χ0v) is 20.0. The van der Waals surface area contributed by atoms with E-state index in [1.165, 1.54) is 83.0 Å². The quantitative estimate of drug-likeness (QED) is 0.394. The maximum atomic E-state index is 12.0. The van der Waals surface area contributed by atoms with Gasteiger partial charge in [-0.3, -0.25) is 4.79 Å². The first-order valence-electron chi connectivity index (χ1n) is 12.8. The molecule has 3 heteroatoms. The SMILES string of the molecule is C=C1CCC2[C@H](CCN3CCCC3)C([C@@]3(C)CC[C@H](C)C[C@@H]3OC(C)=O)CC[C@]12C. The maximum Gasteiger partial charge on any atom is 0.302 e. The van der Waals surface area contributed by atoms with Crippen molar-refractivity contribution >= 4 is 5.97 Å². The Morgan fingerprint density at radius 2 is 1.87 bits per heavy atom. The van der Waals surface area contributed by atoms with Crippen LogP contribution in [0.4, 0.5) is 0 Å². The highest BCUT2D eigenvalue weighted by Gasteiger charge is 2.57. The van der Waals surface area contributed by atoms with E-state index in [1.54, 1.807) is 6.92 Å². The van der Waals surface area contributed by atoms with Gasteiger partial charge in [-0.2, -0.15) is 0 Å². The number of hydrogen-bond acceptors (Lipinski definition) is 3. The fourth-order valence-electron chi connectivity index (χ4n) is 8.03. The molecule has 4 aliphatic rings. The minimum atomic E-state index is -0.0937. The molecule has 0 amide bonds. The van der Waals surface area contributed by atoms with E-state index in [-0.39, 0.29) is 17.5 Å². The number of likely N-dealkylation sites (tertiary alicyclic amines) is 1. The molecule has 2 unspecified atom stereocenters. The van der Waals surface area contributed by atoms with Crippen molar-refractivity contribution in [2.75, 3.05) is 19.6 Å². The van der Waals surface area contributed by atoms with Crippen LogP contribution in [0, 0.1) is 34.5 Å². The van der Waals surface area contributed by atoms with Crippen molar-refractivity contribution < 1.29 is 9.53 Å². The van der Waals surface area contributed by atoms with Gasteiger partial charge in [0.05, 0.1) is 0 Å². The Morgan fingerprint density at radius 1 is 1.13 bits per heavy atom. The van der Waals surface area contributed by atoms with Crippen LogP contribution >= 0.6 is 0 Å². The van der Waals surface area contributed by atoms with Gasteiger partial charge in [0.25, 0.3) is 0 Å². The summed E-state index contributed by atoms with van der Waals surface area (Å²) in [7, 11) is 0. The van der Waals surface area contributed by atoms with Gasteiger partial charge in [-0.25, -0.2) is 0 Å². The molecule has 1 saturated heterocycles. The molecular weight excluding hydrogens is 370 g/mol. The fourth-order valence-corrected chi connectivity index (χ4v) is 8.03. The molecule has 170 valence electrons. The van der Waals surface area contributed by atoms with Crippen molar-refractivity contribution in [2.24, 2.45) is 34.5 Å². The largest absolute Gasteiger partial charge is 0.462 e. The minimum absolute atomic E-state index is 0.0898. The summed E-state index contributed by atoms with van der Waals surface area (Å²) in [6.45, 7) is 17.3. The van der Waals surface area contributed by atoms with Crippen LogP contribution in [0.2, 0.25) is 0 Å². The highest BCUT2D eigenvalue weighted by atomic mass is 16.5. The molecular formula is C27H45NO2. The van der Waals surface area contributed by atoms with Gasteiger partial charge in [0.15, 0.2) is 0 Å². The van der Waals surface area contributed by atoms with Crippen molar-refractivity contribution in [1.29, 1.82) is 0 Å². The Kier molecular flexibility index (Phi) is 6.41. The number of rotatable bonds is 5. The first kappa shape index (κ1) is 22.4. The number of carbonyl (C=O) groups is 1. The number of nitrogens with zero attached hydrogens (tertiary/aromatic N) is 1. The van der Waals surface area contributed by atoms with Gasteiger partial charge in [0.1, 0.15) is 6.10 Å². The van der Waals surface area contributed by atoms with Gasteiger partial charge in [0.2, 0.25) is 0 Å². The zero-order chi connectivity index (χ0) is 21.5. The van der Waals surface area contributed by atoms with Crippen molar-refractivity contribution in [3.63, 3.8) is 0 Å². The summed E-state index contributed by atoms with van der Waals surface area (Å²) in [5.74, 6) is 2.73. The van der Waals surface area contributed by atoms with Gasteiger partial charge in [-0.1, -0.05) is 32.9 Å². The Morgan fingerprint density at radius 3 is 2.57 bits per heavy atom. The van der Waals surface area contributed by atoms with Crippen LogP contribution < -0.4 is 0 Å². The van der Waals surface area contributed by atoms with Crippen molar-refractivity contribution in [1.82, 2.24) is 4.90 Å². The van der Waals surface area contributed by atoms with Crippen molar-refractivity contribution in [2.45, 2.75) is 98.0 Å². The Balaban J connectivity index is 1.61. The molecule has 3 nitrogen and oxygen atoms in total. The molecule has 3 saturated carbocycles. The fraction of sp³-hybridized carbons (Fsp3) is 0.889. The normalized spacial score (nSPS) is 44.8. The summed E-state index contributed by atoms with van der Waals surface area (Å²) in [4.78, 5) is 14.7. The van der Waals surface area contributed by atoms with E-state index in [1.807, 2.05) is 0 Å². The standard InChI is InChI=1S/C27H45NO2/c1-19-10-13-27(5,25(18-19)30-21(3)29)24-11-14-26(4)20(2)8-9-23(26)22(24)12-17-28-15-6-7-16-28/h19,22-25H,2,6-18H2,1,3-5H3/t19-,22-,23?,24?,25-,26+,27+/m0/s1. The lowest BCUT2D eigenvalue weighted by molar-refractivity contribution is -0.169. The van der Waals surface area contributed by atoms with E-state index in [9.17, 15) is 4.79 Å². The van der Waals surface area contributed by atoms with Gasteiger partial charge in [-0.05, 0) is 113 Å². The highest BCUT2D eigenvalue weighted by molar-refractivity contribution is 5.66. The molecule has 1 aliphatic heterocycles. The van der Waals surface area contributed by atoms with Crippen LogP contribution in [0.3, 0.4) is 0 Å². The molecule has 0 aromatic rings. The molecule has 30 heavy (non-hydrogen) atoms. The van der Waals surface area contributed by atoms with Crippen molar-refractivity contribution in [3.05, 3.63) is 12.2 Å². The zero-order valence-electron chi connectivity index (χ0n) is 20.0. The van der Waals surface area contributed by atoms with E-state index in [4.69, 9.17) is 4.74 Å². The molecule has 0 aromatic carbocycles. The third kappa shape index (κ3) is 4.00. The van der Waals surface area contributed by atoms with Crippen LogP contribution in [-0.2, 0) is 9.53 Å². The van der Waals surface area contributed by atoms with E-state index >= 15 is 0 Å². The average Bonchev–Trinajstić information content (AvgIpc) is 3.31. The predicted octanol–water partition coefficient (Wildman–Crippen LogP) is 6.23. The molecule has 0 aromatic heterocycles. The van der Waals surface area contributed by atoms with Gasteiger partial charge < -0.3 is 9.64 Å². The number of esters is 1. The van der Waals surface area contributed by atoms with Crippen LogP contribution in [0.1, 0.15) is 91.9 Å². The Labute approximate surface area is 185 Å². The molecule has 1 heterocycles. The number of allylic oxidation sites excluding steroid dienone is 1. The van der Waals surface area contributed by atoms with E-state index < -0.39 is 0 Å². The lowest BCUT2D eigenvalue weighted by Crippen LogP contribution is -2.53.